The summed E-state index contributed by atoms with van der Waals surface area (Å²) >= 11 is 0. The largest absolute Gasteiger partial charge is 0.384 e. The molecule has 1 amide bonds. The lowest BCUT2D eigenvalue weighted by Crippen LogP contribution is -2.31. The normalized spacial score (nSPS) is 10.9. The number of nitrogens with zero attached hydrogens (tertiary/aromatic N) is 4. The lowest BCUT2D eigenvalue weighted by atomic mass is 10.0. The smallest absolute Gasteiger partial charge is 0.227 e. The van der Waals surface area contributed by atoms with Gasteiger partial charge in [-0.25, -0.2) is 4.98 Å². The topological polar surface area (TPSA) is 91.2 Å². The van der Waals surface area contributed by atoms with Gasteiger partial charge < -0.3 is 20.1 Å². The van der Waals surface area contributed by atoms with E-state index >= 15 is 0 Å². The van der Waals surface area contributed by atoms with Crippen LogP contribution in [0.2, 0.25) is 0 Å². The van der Waals surface area contributed by atoms with Crippen molar-refractivity contribution in [3.8, 4) is 0 Å². The molecular weight excluding hydrogens is 579 g/mol. The number of benzene rings is 4. The second-order valence-corrected chi connectivity index (χ2v) is 10.9. The van der Waals surface area contributed by atoms with Gasteiger partial charge in [0, 0.05) is 31.1 Å². The van der Waals surface area contributed by atoms with Crippen LogP contribution < -0.4 is 10.6 Å². The van der Waals surface area contributed by atoms with Crippen molar-refractivity contribution in [1.29, 1.82) is 5.41 Å². The highest BCUT2D eigenvalue weighted by molar-refractivity contribution is 5.97. The highest BCUT2D eigenvalue weighted by Crippen LogP contribution is 2.28. The number of hydrogen-bond acceptors (Lipinski definition) is 4. The third-order valence-electron chi connectivity index (χ3n) is 7.68. The molecule has 5 aromatic rings. The Balaban J connectivity index is 0.00000253. The van der Waals surface area contributed by atoms with Gasteiger partial charge in [-0.1, -0.05) is 66.7 Å². The van der Waals surface area contributed by atoms with E-state index in [0.717, 1.165) is 59.5 Å². The highest BCUT2D eigenvalue weighted by Gasteiger charge is 2.19. The van der Waals surface area contributed by atoms with E-state index in [1.165, 1.54) is 16.3 Å². The SMILES string of the molecule is CN(C)CCCC(=O)N(Cc1cccc2ccccc12)c1ccc2c(c1)nc(CCc1ccc(C(=N)N)cc1)n2C.Cl.Cl. The van der Waals surface area contributed by atoms with Crippen LogP contribution in [0.4, 0.5) is 5.69 Å². The number of nitrogens with two attached hydrogens (primary N) is 1. The Labute approximate surface area is 266 Å². The summed E-state index contributed by atoms with van der Waals surface area (Å²) in [6, 6.07) is 28.6. The first kappa shape index (κ1) is 33.6. The molecule has 0 fully saturated rings. The van der Waals surface area contributed by atoms with Gasteiger partial charge in [-0.3, -0.25) is 10.2 Å². The maximum Gasteiger partial charge on any atom is 0.227 e. The Hall–Kier alpha value is -3.91. The standard InChI is InChI=1S/C34H38N6O.2ClH/c1-38(2)21-7-12-33(41)40(23-27-10-6-9-25-8-4-5-11-29(25)27)28-18-19-31-30(22-28)37-32(39(31)3)20-15-24-13-16-26(17-14-24)34(35)36;;/h4-6,8-11,13-14,16-19,22H,7,12,15,20-21,23H2,1-3H3,(H3,35,36);2*1H. The Kier molecular flexibility index (Phi) is 11.7. The predicted molar refractivity (Wildman–Crippen MR) is 183 cm³/mol. The average molecular weight is 620 g/mol. The molecule has 9 heteroatoms. The van der Waals surface area contributed by atoms with Gasteiger partial charge in [0.1, 0.15) is 11.7 Å². The molecule has 5 rings (SSSR count). The van der Waals surface area contributed by atoms with Gasteiger partial charge in [0.2, 0.25) is 5.91 Å². The first-order valence-electron chi connectivity index (χ1n) is 14.1. The minimum absolute atomic E-state index is 0. The third-order valence-corrected chi connectivity index (χ3v) is 7.68. The summed E-state index contributed by atoms with van der Waals surface area (Å²) in [5, 5.41) is 9.93. The number of anilines is 1. The molecule has 7 nitrogen and oxygen atoms in total. The van der Waals surface area contributed by atoms with Gasteiger partial charge in [-0.05, 0) is 73.6 Å². The summed E-state index contributed by atoms with van der Waals surface area (Å²) in [7, 11) is 6.11. The fourth-order valence-corrected chi connectivity index (χ4v) is 5.34. The zero-order valence-corrected chi connectivity index (χ0v) is 26.5. The van der Waals surface area contributed by atoms with Crippen molar-refractivity contribution in [2.75, 3.05) is 25.5 Å². The summed E-state index contributed by atoms with van der Waals surface area (Å²) < 4.78 is 2.14. The Morgan fingerprint density at radius 3 is 2.37 bits per heavy atom. The van der Waals surface area contributed by atoms with Crippen LogP contribution in [0.25, 0.3) is 21.8 Å². The predicted octanol–water partition coefficient (Wildman–Crippen LogP) is 6.51. The average Bonchev–Trinajstić information content (AvgIpc) is 3.29. The third kappa shape index (κ3) is 7.93. The van der Waals surface area contributed by atoms with Crippen molar-refractivity contribution in [2.24, 2.45) is 12.8 Å². The molecule has 0 unspecified atom stereocenters. The molecule has 43 heavy (non-hydrogen) atoms. The van der Waals surface area contributed by atoms with E-state index in [-0.39, 0.29) is 36.6 Å². The molecule has 4 aromatic carbocycles. The van der Waals surface area contributed by atoms with Crippen molar-refractivity contribution < 1.29 is 4.79 Å². The van der Waals surface area contributed by atoms with Crippen molar-refractivity contribution in [1.82, 2.24) is 14.5 Å². The minimum atomic E-state index is 0. The first-order chi connectivity index (χ1) is 19.8. The monoisotopic (exact) mass is 618 g/mol. The number of carbonyl (C=O) groups excluding carboxylic acids is 1. The summed E-state index contributed by atoms with van der Waals surface area (Å²) in [6.07, 6.45) is 2.90. The van der Waals surface area contributed by atoms with Crippen LogP contribution in [0.1, 0.15) is 35.4 Å². The van der Waals surface area contributed by atoms with E-state index < -0.39 is 0 Å². The van der Waals surface area contributed by atoms with E-state index in [4.69, 9.17) is 16.1 Å². The number of nitrogen functional groups attached to an aromatic ring is 1. The molecule has 0 bridgehead atoms. The number of nitrogens with one attached hydrogen (secondary N) is 1. The number of rotatable bonds is 11. The quantitative estimate of drug-likeness (QED) is 0.130. The molecule has 0 aliphatic heterocycles. The molecule has 0 radical (unpaired) electrons. The second kappa shape index (κ2) is 15.0. The fraction of sp³-hybridized carbons (Fsp3) is 0.265. The van der Waals surface area contributed by atoms with Gasteiger partial charge in [0.05, 0.1) is 17.6 Å². The summed E-state index contributed by atoms with van der Waals surface area (Å²) in [5.74, 6) is 1.18. The van der Waals surface area contributed by atoms with Crippen LogP contribution in [0.5, 0.6) is 0 Å². The molecule has 0 saturated carbocycles. The van der Waals surface area contributed by atoms with E-state index in [0.29, 0.717) is 13.0 Å². The van der Waals surface area contributed by atoms with Crippen molar-refractivity contribution in [2.45, 2.75) is 32.2 Å². The van der Waals surface area contributed by atoms with Crippen molar-refractivity contribution >= 4 is 64.1 Å². The Morgan fingerprint density at radius 2 is 1.65 bits per heavy atom. The number of aromatic nitrogens is 2. The molecule has 0 aliphatic rings. The zero-order valence-electron chi connectivity index (χ0n) is 24.9. The maximum atomic E-state index is 13.7. The van der Waals surface area contributed by atoms with Gasteiger partial charge in [-0.15, -0.1) is 24.8 Å². The second-order valence-electron chi connectivity index (χ2n) is 10.9. The minimum Gasteiger partial charge on any atom is -0.384 e. The summed E-state index contributed by atoms with van der Waals surface area (Å²) in [5.41, 5.74) is 11.4. The van der Waals surface area contributed by atoms with Gasteiger partial charge >= 0.3 is 0 Å². The molecular formula is C34H40Cl2N6O. The highest BCUT2D eigenvalue weighted by atomic mass is 35.5. The van der Waals surface area contributed by atoms with Crippen molar-refractivity contribution in [3.63, 3.8) is 0 Å². The van der Waals surface area contributed by atoms with Gasteiger partial charge in [0.15, 0.2) is 0 Å². The number of halogens is 2. The van der Waals surface area contributed by atoms with Crippen LogP contribution in [-0.2, 0) is 31.2 Å². The molecule has 0 atom stereocenters. The van der Waals surface area contributed by atoms with Crippen LogP contribution in [-0.4, -0.2) is 46.8 Å². The van der Waals surface area contributed by atoms with Gasteiger partial charge in [0.25, 0.3) is 0 Å². The molecule has 3 N–H and O–H groups in total. The van der Waals surface area contributed by atoms with Crippen LogP contribution >= 0.6 is 24.8 Å². The van der Waals surface area contributed by atoms with Crippen LogP contribution in [0, 0.1) is 5.41 Å². The Bertz CT molecular complexity index is 1690. The fourth-order valence-electron chi connectivity index (χ4n) is 5.34. The van der Waals surface area contributed by atoms with E-state index in [9.17, 15) is 4.79 Å². The summed E-state index contributed by atoms with van der Waals surface area (Å²) in [4.78, 5) is 22.7. The number of fused-ring (bicyclic) bond motifs is 2. The van der Waals surface area contributed by atoms with Crippen LogP contribution in [0.3, 0.4) is 0 Å². The Morgan fingerprint density at radius 1 is 0.930 bits per heavy atom. The van der Waals surface area contributed by atoms with E-state index in [1.807, 2.05) is 68.5 Å². The molecule has 226 valence electrons. The number of imidazole rings is 1. The maximum absolute atomic E-state index is 13.7. The number of carbonyl (C=O) groups is 1. The number of aryl methyl sites for hydroxylation is 3. The lowest BCUT2D eigenvalue weighted by Gasteiger charge is -2.24. The number of hydrogen-bond donors (Lipinski definition) is 2. The van der Waals surface area contributed by atoms with E-state index in [2.05, 4.69) is 51.9 Å². The van der Waals surface area contributed by atoms with Crippen molar-refractivity contribution in [3.05, 3.63) is 107 Å². The molecule has 1 aromatic heterocycles. The molecule has 0 saturated heterocycles. The number of amidine groups is 1. The lowest BCUT2D eigenvalue weighted by molar-refractivity contribution is -0.118. The zero-order chi connectivity index (χ0) is 28.9. The number of amides is 1. The summed E-state index contributed by atoms with van der Waals surface area (Å²) in [6.45, 7) is 1.37. The molecule has 0 aliphatic carbocycles. The molecule has 0 spiro atoms. The molecule has 1 heterocycles. The first-order valence-corrected chi connectivity index (χ1v) is 14.1. The van der Waals surface area contributed by atoms with Crippen LogP contribution in [0.15, 0.2) is 84.9 Å². The van der Waals surface area contributed by atoms with E-state index in [1.54, 1.807) is 0 Å². The van der Waals surface area contributed by atoms with Gasteiger partial charge in [-0.2, -0.15) is 0 Å².